The maximum Gasteiger partial charge on any atom is 0.0245 e. The van der Waals surface area contributed by atoms with Crippen molar-refractivity contribution in [1.82, 2.24) is 0 Å². The summed E-state index contributed by atoms with van der Waals surface area (Å²) in [5.41, 5.74) is 5.60. The normalized spacial score (nSPS) is 18.8. The van der Waals surface area contributed by atoms with Gasteiger partial charge in [0.25, 0.3) is 0 Å². The first-order valence-electron chi connectivity index (χ1n) is 12.0. The van der Waals surface area contributed by atoms with Crippen LogP contribution in [0.5, 0.6) is 0 Å². The molecule has 0 bridgehead atoms. The van der Waals surface area contributed by atoms with E-state index in [0.29, 0.717) is 5.92 Å². The molecule has 0 radical (unpaired) electrons. The lowest BCUT2D eigenvalue weighted by molar-refractivity contribution is 0.384. The van der Waals surface area contributed by atoms with Crippen molar-refractivity contribution < 1.29 is 0 Å². The Hall–Kier alpha value is -2.00. The van der Waals surface area contributed by atoms with Crippen LogP contribution in [0.25, 0.3) is 0 Å². The van der Waals surface area contributed by atoms with Crippen molar-refractivity contribution in [2.45, 2.75) is 90.4 Å². The van der Waals surface area contributed by atoms with Crippen molar-refractivity contribution >= 4 is 0 Å². The molecule has 0 aromatic heterocycles. The quantitative estimate of drug-likeness (QED) is 0.318. The molecule has 0 nitrogen and oxygen atoms in total. The zero-order valence-electron chi connectivity index (χ0n) is 18.6. The summed E-state index contributed by atoms with van der Waals surface area (Å²) in [5, 5.41) is 0. The van der Waals surface area contributed by atoms with E-state index in [1.165, 1.54) is 75.3 Å². The van der Waals surface area contributed by atoms with Crippen molar-refractivity contribution in [2.75, 3.05) is 0 Å². The first-order valence-corrected chi connectivity index (χ1v) is 12.0. The highest BCUT2D eigenvalue weighted by atomic mass is 14.2. The number of hydrogen-bond donors (Lipinski definition) is 0. The van der Waals surface area contributed by atoms with E-state index in [0.717, 1.165) is 17.9 Å². The average molecular weight is 387 g/mol. The second-order valence-electron chi connectivity index (χ2n) is 8.77. The van der Waals surface area contributed by atoms with Crippen molar-refractivity contribution in [3.8, 4) is 11.8 Å². The van der Waals surface area contributed by atoms with Gasteiger partial charge in [-0.25, -0.2) is 0 Å². The van der Waals surface area contributed by atoms with Crippen molar-refractivity contribution in [2.24, 2.45) is 5.92 Å². The molecule has 0 unspecified atom stereocenters. The molecule has 154 valence electrons. The van der Waals surface area contributed by atoms with Crippen LogP contribution in [0.4, 0.5) is 0 Å². The van der Waals surface area contributed by atoms with Crippen molar-refractivity contribution in [3.05, 3.63) is 70.8 Å². The molecule has 1 saturated carbocycles. The van der Waals surface area contributed by atoms with Gasteiger partial charge in [0.2, 0.25) is 0 Å². The number of hydrogen-bond acceptors (Lipinski definition) is 0. The highest BCUT2D eigenvalue weighted by molar-refractivity contribution is 5.36. The molecule has 0 atom stereocenters. The Bertz CT molecular complexity index is 762. The van der Waals surface area contributed by atoms with Gasteiger partial charge in [-0.2, -0.15) is 0 Å². The zero-order chi connectivity index (χ0) is 20.3. The molecule has 1 aliphatic carbocycles. The number of unbranched alkanes of at least 4 members (excludes halogenated alkanes) is 4. The van der Waals surface area contributed by atoms with E-state index in [9.17, 15) is 0 Å². The third-order valence-electron chi connectivity index (χ3n) is 6.53. The maximum atomic E-state index is 3.54. The van der Waals surface area contributed by atoms with Crippen LogP contribution in [0, 0.1) is 17.8 Å². The fourth-order valence-electron chi connectivity index (χ4n) is 4.47. The molecule has 0 heteroatoms. The van der Waals surface area contributed by atoms with E-state index in [4.69, 9.17) is 0 Å². The van der Waals surface area contributed by atoms with E-state index in [1.807, 2.05) is 0 Å². The third-order valence-corrected chi connectivity index (χ3v) is 6.53. The Balaban J connectivity index is 1.43. The fourth-order valence-corrected chi connectivity index (χ4v) is 4.47. The van der Waals surface area contributed by atoms with Gasteiger partial charge in [-0.1, -0.05) is 87.8 Å². The highest BCUT2D eigenvalue weighted by Gasteiger charge is 2.21. The van der Waals surface area contributed by atoms with Crippen LogP contribution < -0.4 is 0 Å². The van der Waals surface area contributed by atoms with Crippen LogP contribution in [0.2, 0.25) is 0 Å². The predicted octanol–water partition coefficient (Wildman–Crippen LogP) is 8.09. The first-order chi connectivity index (χ1) is 14.3. The van der Waals surface area contributed by atoms with Crippen LogP contribution in [0.15, 0.2) is 48.5 Å². The van der Waals surface area contributed by atoms with E-state index in [-0.39, 0.29) is 0 Å². The smallest absolute Gasteiger partial charge is 0.0245 e. The van der Waals surface area contributed by atoms with Gasteiger partial charge in [0.15, 0.2) is 0 Å². The van der Waals surface area contributed by atoms with Crippen molar-refractivity contribution in [1.29, 1.82) is 0 Å². The summed E-state index contributed by atoms with van der Waals surface area (Å²) < 4.78 is 0. The van der Waals surface area contributed by atoms with Gasteiger partial charge < -0.3 is 0 Å². The zero-order valence-corrected chi connectivity index (χ0v) is 18.6. The summed E-state index contributed by atoms with van der Waals surface area (Å²) in [4.78, 5) is 0. The molecule has 0 heterocycles. The summed E-state index contributed by atoms with van der Waals surface area (Å²) >= 11 is 0. The van der Waals surface area contributed by atoms with Crippen LogP contribution >= 0.6 is 0 Å². The molecule has 0 N–H and O–H groups in total. The molecule has 0 spiro atoms. The minimum Gasteiger partial charge on any atom is -0.0945 e. The number of rotatable bonds is 8. The monoisotopic (exact) mass is 386 g/mol. The summed E-state index contributed by atoms with van der Waals surface area (Å²) in [7, 11) is 0. The van der Waals surface area contributed by atoms with Gasteiger partial charge >= 0.3 is 0 Å². The standard InChI is InChI=1S/C29H38/c1-3-5-6-7-8-9-25-16-20-28(21-17-25)29-22-18-27(19-23-29)15-14-26-12-10-24(4-2)11-13-26/h10-13,16-17,20-21,27,29H,3-9,18-19,22-23H2,1-2H3. The Kier molecular flexibility index (Phi) is 8.88. The first kappa shape index (κ1) is 21.7. The van der Waals surface area contributed by atoms with Crippen LogP contribution in [0.3, 0.4) is 0 Å². The fraction of sp³-hybridized carbons (Fsp3) is 0.517. The Morgan fingerprint density at radius 1 is 0.724 bits per heavy atom. The van der Waals surface area contributed by atoms with Gasteiger partial charge in [0.05, 0.1) is 0 Å². The van der Waals surface area contributed by atoms with E-state index in [1.54, 1.807) is 5.56 Å². The molecule has 29 heavy (non-hydrogen) atoms. The molecule has 1 aliphatic rings. The van der Waals surface area contributed by atoms with Gasteiger partial charge in [0.1, 0.15) is 0 Å². The van der Waals surface area contributed by atoms with Gasteiger partial charge in [0, 0.05) is 11.5 Å². The minimum atomic E-state index is 0.569. The highest BCUT2D eigenvalue weighted by Crippen LogP contribution is 2.35. The molecule has 2 aromatic rings. The molecule has 1 fully saturated rings. The third kappa shape index (κ3) is 7.08. The lowest BCUT2D eigenvalue weighted by Gasteiger charge is -2.26. The minimum absolute atomic E-state index is 0.569. The Morgan fingerprint density at radius 2 is 1.38 bits per heavy atom. The van der Waals surface area contributed by atoms with E-state index < -0.39 is 0 Å². The molecular formula is C29H38. The molecule has 2 aromatic carbocycles. The average Bonchev–Trinajstić information content (AvgIpc) is 2.79. The summed E-state index contributed by atoms with van der Waals surface area (Å²) in [6.07, 6.45) is 14.2. The largest absolute Gasteiger partial charge is 0.0945 e. The van der Waals surface area contributed by atoms with Gasteiger partial charge in [-0.3, -0.25) is 0 Å². The second kappa shape index (κ2) is 11.9. The van der Waals surface area contributed by atoms with Crippen LogP contribution in [-0.4, -0.2) is 0 Å². The summed E-state index contributed by atoms with van der Waals surface area (Å²) in [6.45, 7) is 4.48. The van der Waals surface area contributed by atoms with Crippen molar-refractivity contribution in [3.63, 3.8) is 0 Å². The molecule has 0 amide bonds. The van der Waals surface area contributed by atoms with Gasteiger partial charge in [-0.15, -0.1) is 0 Å². The maximum absolute atomic E-state index is 3.54. The second-order valence-corrected chi connectivity index (χ2v) is 8.77. The molecule has 0 aliphatic heterocycles. The molecule has 3 rings (SSSR count). The SMILES string of the molecule is CCCCCCCc1ccc(C2CCC(C#Cc3ccc(CC)cc3)CC2)cc1. The summed E-state index contributed by atoms with van der Waals surface area (Å²) in [5.74, 6) is 8.25. The summed E-state index contributed by atoms with van der Waals surface area (Å²) in [6, 6.07) is 18.3. The number of aryl methyl sites for hydroxylation is 2. The Morgan fingerprint density at radius 3 is 2.03 bits per heavy atom. The molecular weight excluding hydrogens is 348 g/mol. The molecule has 0 saturated heterocycles. The lowest BCUT2D eigenvalue weighted by atomic mass is 9.78. The lowest BCUT2D eigenvalue weighted by Crippen LogP contribution is -2.12. The van der Waals surface area contributed by atoms with E-state index >= 15 is 0 Å². The number of benzene rings is 2. The van der Waals surface area contributed by atoms with Gasteiger partial charge in [-0.05, 0) is 79.7 Å². The Labute approximate surface area is 179 Å². The van der Waals surface area contributed by atoms with Crippen LogP contribution in [0.1, 0.15) is 99.8 Å². The van der Waals surface area contributed by atoms with E-state index in [2.05, 4.69) is 74.2 Å². The van der Waals surface area contributed by atoms with Crippen LogP contribution in [-0.2, 0) is 12.8 Å². The topological polar surface area (TPSA) is 0 Å². The predicted molar refractivity (Wildman–Crippen MR) is 126 cm³/mol.